The number of rotatable bonds is 2. The molecule has 106 valence electrons. The number of aliphatic hydroxyl groups is 2. The van der Waals surface area contributed by atoms with E-state index in [1.54, 1.807) is 0 Å². The smallest absolute Gasteiger partial charge is 0.248 e. The van der Waals surface area contributed by atoms with E-state index in [1.165, 1.54) is 12.1 Å². The monoisotopic (exact) mass is 294 g/mol. The fourth-order valence-corrected chi connectivity index (χ4v) is 2.57. The summed E-state index contributed by atoms with van der Waals surface area (Å²) in [6.45, 7) is 0. The molecule has 2 nitrogen and oxygen atoms in total. The van der Waals surface area contributed by atoms with Crippen molar-refractivity contribution in [3.63, 3.8) is 0 Å². The number of hydrogen-bond donors (Lipinski definition) is 2. The zero-order valence-corrected chi connectivity index (χ0v) is 10.8. The summed E-state index contributed by atoms with van der Waals surface area (Å²) < 4.78 is 39.5. The third-order valence-electron chi connectivity index (χ3n) is 3.63. The number of benzene rings is 1. The lowest BCUT2D eigenvalue weighted by molar-refractivity contribution is -0.150. The normalized spacial score (nSPS) is 23.1. The van der Waals surface area contributed by atoms with E-state index in [1.807, 2.05) is 0 Å². The Balaban J connectivity index is 2.24. The fraction of sp³-hybridized carbons (Fsp3) is 0.538. The summed E-state index contributed by atoms with van der Waals surface area (Å²) in [6.07, 6.45) is -3.00. The topological polar surface area (TPSA) is 40.5 Å². The van der Waals surface area contributed by atoms with Crippen LogP contribution in [0.2, 0.25) is 5.02 Å². The predicted octanol–water partition coefficient (Wildman–Crippen LogP) is 3.45. The van der Waals surface area contributed by atoms with E-state index >= 15 is 0 Å². The van der Waals surface area contributed by atoms with Crippen molar-refractivity contribution in [1.29, 1.82) is 0 Å². The molecule has 0 radical (unpaired) electrons. The van der Waals surface area contributed by atoms with Crippen LogP contribution in [0.1, 0.15) is 37.4 Å². The molecule has 0 saturated heterocycles. The highest BCUT2D eigenvalue weighted by atomic mass is 35.5. The first kappa shape index (κ1) is 14.6. The molecule has 1 aromatic rings. The quantitative estimate of drug-likeness (QED) is 0.877. The van der Waals surface area contributed by atoms with Crippen molar-refractivity contribution in [1.82, 2.24) is 0 Å². The SMILES string of the molecule is OC(c1cccc(F)c1Cl)C1(O)CCC(F)(F)CC1. The minimum absolute atomic E-state index is 0.0226. The van der Waals surface area contributed by atoms with Gasteiger partial charge < -0.3 is 10.2 Å². The average Bonchev–Trinajstić information content (AvgIpc) is 2.36. The molecular formula is C13H14ClF3O2. The van der Waals surface area contributed by atoms with Crippen LogP contribution < -0.4 is 0 Å². The van der Waals surface area contributed by atoms with Crippen LogP contribution in [-0.2, 0) is 0 Å². The van der Waals surface area contributed by atoms with Gasteiger partial charge in [0.05, 0.1) is 10.6 Å². The molecule has 1 saturated carbocycles. The van der Waals surface area contributed by atoms with Gasteiger partial charge in [-0.25, -0.2) is 13.2 Å². The van der Waals surface area contributed by atoms with E-state index in [4.69, 9.17) is 11.6 Å². The van der Waals surface area contributed by atoms with Crippen LogP contribution >= 0.6 is 11.6 Å². The number of hydrogen-bond acceptors (Lipinski definition) is 2. The summed E-state index contributed by atoms with van der Waals surface area (Å²) in [7, 11) is 0. The van der Waals surface area contributed by atoms with Crippen molar-refractivity contribution in [3.05, 3.63) is 34.6 Å². The van der Waals surface area contributed by atoms with Crippen LogP contribution in [0.15, 0.2) is 18.2 Å². The molecule has 0 spiro atoms. The molecule has 6 heteroatoms. The fourth-order valence-electron chi connectivity index (χ4n) is 2.34. The van der Waals surface area contributed by atoms with E-state index in [0.717, 1.165) is 6.07 Å². The summed E-state index contributed by atoms with van der Waals surface area (Å²) in [5, 5.41) is 20.1. The molecule has 2 N–H and O–H groups in total. The molecule has 1 aliphatic carbocycles. The lowest BCUT2D eigenvalue weighted by atomic mass is 9.77. The lowest BCUT2D eigenvalue weighted by Gasteiger charge is -2.39. The van der Waals surface area contributed by atoms with Crippen LogP contribution in [0.25, 0.3) is 0 Å². The van der Waals surface area contributed by atoms with E-state index < -0.39 is 36.3 Å². The van der Waals surface area contributed by atoms with E-state index in [-0.39, 0.29) is 23.4 Å². The molecule has 0 aliphatic heterocycles. The number of aliphatic hydroxyl groups excluding tert-OH is 1. The largest absolute Gasteiger partial charge is 0.387 e. The molecule has 1 unspecified atom stereocenters. The Hall–Kier alpha value is -0.780. The maximum absolute atomic E-state index is 13.3. The zero-order valence-electron chi connectivity index (χ0n) is 10.0. The van der Waals surface area contributed by atoms with Gasteiger partial charge in [0.1, 0.15) is 11.9 Å². The van der Waals surface area contributed by atoms with Crippen LogP contribution in [0.5, 0.6) is 0 Å². The van der Waals surface area contributed by atoms with Gasteiger partial charge in [-0.3, -0.25) is 0 Å². The molecule has 1 atom stereocenters. The molecule has 0 heterocycles. The Morgan fingerprint density at radius 3 is 2.32 bits per heavy atom. The Morgan fingerprint density at radius 1 is 1.16 bits per heavy atom. The van der Waals surface area contributed by atoms with Gasteiger partial charge in [0.15, 0.2) is 0 Å². The second kappa shape index (κ2) is 4.96. The van der Waals surface area contributed by atoms with Gasteiger partial charge in [0, 0.05) is 18.4 Å². The summed E-state index contributed by atoms with van der Waals surface area (Å²) in [5.41, 5.74) is -1.67. The Kier molecular flexibility index (Phi) is 3.82. The molecule has 0 bridgehead atoms. The van der Waals surface area contributed by atoms with Crippen LogP contribution in [0.3, 0.4) is 0 Å². The van der Waals surface area contributed by atoms with Crippen molar-refractivity contribution in [2.75, 3.05) is 0 Å². The third kappa shape index (κ3) is 2.88. The van der Waals surface area contributed by atoms with Gasteiger partial charge in [-0.05, 0) is 18.9 Å². The highest BCUT2D eigenvalue weighted by Gasteiger charge is 2.47. The van der Waals surface area contributed by atoms with Crippen molar-refractivity contribution in [3.8, 4) is 0 Å². The zero-order chi connectivity index (χ0) is 14.3. The Bertz CT molecular complexity index is 469. The molecule has 1 fully saturated rings. The summed E-state index contributed by atoms with van der Waals surface area (Å²) in [6, 6.07) is 3.85. The molecule has 1 aromatic carbocycles. The summed E-state index contributed by atoms with van der Waals surface area (Å²) >= 11 is 5.73. The Morgan fingerprint density at radius 2 is 1.74 bits per heavy atom. The van der Waals surface area contributed by atoms with Gasteiger partial charge in [-0.1, -0.05) is 23.7 Å². The maximum atomic E-state index is 13.3. The second-order valence-corrected chi connectivity index (χ2v) is 5.38. The number of alkyl halides is 2. The molecule has 19 heavy (non-hydrogen) atoms. The third-order valence-corrected chi connectivity index (χ3v) is 4.03. The summed E-state index contributed by atoms with van der Waals surface area (Å²) in [4.78, 5) is 0. The van der Waals surface area contributed by atoms with Gasteiger partial charge in [-0.2, -0.15) is 0 Å². The summed E-state index contributed by atoms with van der Waals surface area (Å²) in [5.74, 6) is -3.54. The number of halogens is 4. The van der Waals surface area contributed by atoms with Crippen LogP contribution in [0.4, 0.5) is 13.2 Å². The standard InChI is InChI=1S/C13H14ClF3O2/c14-10-8(2-1-3-9(10)15)11(18)12(19)4-6-13(16,17)7-5-12/h1-3,11,18-19H,4-7H2. The van der Waals surface area contributed by atoms with Crippen molar-refractivity contribution in [2.45, 2.75) is 43.3 Å². The van der Waals surface area contributed by atoms with Gasteiger partial charge in [0.2, 0.25) is 5.92 Å². The predicted molar refractivity (Wildman–Crippen MR) is 64.7 cm³/mol. The molecule has 0 aromatic heterocycles. The first-order valence-electron chi connectivity index (χ1n) is 5.97. The minimum atomic E-state index is -2.82. The van der Waals surface area contributed by atoms with Gasteiger partial charge >= 0.3 is 0 Å². The highest BCUT2D eigenvalue weighted by Crippen LogP contribution is 2.45. The van der Waals surface area contributed by atoms with Gasteiger partial charge in [-0.15, -0.1) is 0 Å². The van der Waals surface area contributed by atoms with Crippen molar-refractivity contribution in [2.24, 2.45) is 0 Å². The second-order valence-electron chi connectivity index (χ2n) is 5.01. The Labute approximate surface area is 113 Å². The minimum Gasteiger partial charge on any atom is -0.387 e. The molecule has 0 amide bonds. The highest BCUT2D eigenvalue weighted by molar-refractivity contribution is 6.31. The molecular weight excluding hydrogens is 281 g/mol. The van der Waals surface area contributed by atoms with E-state index in [0.29, 0.717) is 0 Å². The average molecular weight is 295 g/mol. The molecule has 2 rings (SSSR count). The first-order chi connectivity index (χ1) is 8.75. The molecule has 1 aliphatic rings. The van der Waals surface area contributed by atoms with Crippen molar-refractivity contribution >= 4 is 11.6 Å². The van der Waals surface area contributed by atoms with E-state index in [9.17, 15) is 23.4 Å². The lowest BCUT2D eigenvalue weighted by Crippen LogP contribution is -2.43. The first-order valence-corrected chi connectivity index (χ1v) is 6.35. The van der Waals surface area contributed by atoms with Gasteiger partial charge in [0.25, 0.3) is 0 Å². The van der Waals surface area contributed by atoms with Crippen LogP contribution in [-0.4, -0.2) is 21.7 Å². The van der Waals surface area contributed by atoms with Crippen molar-refractivity contribution < 1.29 is 23.4 Å². The maximum Gasteiger partial charge on any atom is 0.248 e. The van der Waals surface area contributed by atoms with E-state index in [2.05, 4.69) is 0 Å². The van der Waals surface area contributed by atoms with Crippen LogP contribution in [0, 0.1) is 5.82 Å².